The minimum absolute atomic E-state index is 0.220. The summed E-state index contributed by atoms with van der Waals surface area (Å²) >= 11 is 0. The van der Waals surface area contributed by atoms with E-state index in [-0.39, 0.29) is 23.3 Å². The number of aryl methyl sites for hydroxylation is 1. The van der Waals surface area contributed by atoms with Crippen molar-refractivity contribution in [3.05, 3.63) is 17.5 Å². The zero-order valence-electron chi connectivity index (χ0n) is 10.4. The number of aromatic nitrogens is 2. The summed E-state index contributed by atoms with van der Waals surface area (Å²) in [4.78, 5) is 12.0. The second-order valence-electron chi connectivity index (χ2n) is 6.07. The van der Waals surface area contributed by atoms with Crippen LogP contribution in [-0.4, -0.2) is 22.1 Å². The van der Waals surface area contributed by atoms with Gasteiger partial charge < -0.3 is 5.32 Å². The summed E-state index contributed by atoms with van der Waals surface area (Å²) in [5, 5.41) is 10.3. The molecule has 1 fully saturated rings. The van der Waals surface area contributed by atoms with Crippen molar-refractivity contribution in [3.8, 4) is 0 Å². The first kappa shape index (κ1) is 10.8. The predicted octanol–water partition coefficient (Wildman–Crippen LogP) is 1.43. The van der Waals surface area contributed by atoms with Crippen LogP contribution in [0.5, 0.6) is 0 Å². The highest BCUT2D eigenvalue weighted by Gasteiger charge is 2.50. The van der Waals surface area contributed by atoms with Crippen molar-refractivity contribution < 1.29 is 4.79 Å². The highest BCUT2D eigenvalue weighted by Crippen LogP contribution is 2.51. The Labute approximate surface area is 101 Å². The molecule has 1 saturated carbocycles. The van der Waals surface area contributed by atoms with Gasteiger partial charge >= 0.3 is 0 Å². The van der Waals surface area contributed by atoms with Gasteiger partial charge in [0, 0.05) is 24.1 Å². The topological polar surface area (TPSA) is 57.8 Å². The van der Waals surface area contributed by atoms with Gasteiger partial charge in [-0.25, -0.2) is 0 Å². The van der Waals surface area contributed by atoms with E-state index in [1.807, 2.05) is 6.20 Å². The fourth-order valence-corrected chi connectivity index (χ4v) is 2.75. The zero-order valence-corrected chi connectivity index (χ0v) is 10.4. The Balaban J connectivity index is 1.59. The maximum atomic E-state index is 12.0. The summed E-state index contributed by atoms with van der Waals surface area (Å²) < 4.78 is 0. The van der Waals surface area contributed by atoms with Gasteiger partial charge in [-0.3, -0.25) is 9.89 Å². The summed E-state index contributed by atoms with van der Waals surface area (Å²) in [6.45, 7) is 4.32. The highest BCUT2D eigenvalue weighted by molar-refractivity contribution is 5.82. The standard InChI is InChI=1S/C13H19N3O/c1-13(2)6-10(13)12(17)15-9-4-3-8-7-14-16-11(8)5-9/h7,9-10H,3-6H2,1-2H3,(H,14,16)(H,15,17)/t9?,10-/m1/s1. The first-order valence-corrected chi connectivity index (χ1v) is 6.38. The third-order valence-electron chi connectivity index (χ3n) is 4.20. The SMILES string of the molecule is CC1(C)C[C@@H]1C(=O)NC1CCc2cn[nH]c2C1. The van der Waals surface area contributed by atoms with Crippen LogP contribution >= 0.6 is 0 Å². The van der Waals surface area contributed by atoms with E-state index in [2.05, 4.69) is 29.4 Å². The van der Waals surface area contributed by atoms with Crippen molar-refractivity contribution in [1.29, 1.82) is 0 Å². The number of amides is 1. The van der Waals surface area contributed by atoms with Crippen molar-refractivity contribution in [3.63, 3.8) is 0 Å². The van der Waals surface area contributed by atoms with E-state index in [1.54, 1.807) is 0 Å². The molecule has 3 rings (SSSR count). The molecule has 17 heavy (non-hydrogen) atoms. The zero-order chi connectivity index (χ0) is 12.0. The lowest BCUT2D eigenvalue weighted by molar-refractivity contribution is -0.123. The fourth-order valence-electron chi connectivity index (χ4n) is 2.75. The van der Waals surface area contributed by atoms with Crippen LogP contribution < -0.4 is 5.32 Å². The number of nitrogens with zero attached hydrogens (tertiary/aromatic N) is 1. The van der Waals surface area contributed by atoms with Crippen LogP contribution in [0.25, 0.3) is 0 Å². The molecule has 0 bridgehead atoms. The predicted molar refractivity (Wildman–Crippen MR) is 64.4 cm³/mol. The van der Waals surface area contributed by atoms with E-state index < -0.39 is 0 Å². The lowest BCUT2D eigenvalue weighted by Gasteiger charge is -2.23. The van der Waals surface area contributed by atoms with Gasteiger partial charge in [-0.15, -0.1) is 0 Å². The van der Waals surface area contributed by atoms with Crippen LogP contribution in [-0.2, 0) is 17.6 Å². The number of rotatable bonds is 2. The van der Waals surface area contributed by atoms with E-state index in [1.165, 1.54) is 11.3 Å². The van der Waals surface area contributed by atoms with Crippen molar-refractivity contribution >= 4 is 5.91 Å². The quantitative estimate of drug-likeness (QED) is 0.812. The maximum absolute atomic E-state index is 12.0. The van der Waals surface area contributed by atoms with Crippen molar-refractivity contribution in [2.45, 2.75) is 45.6 Å². The average Bonchev–Trinajstić information content (AvgIpc) is 2.73. The molecule has 1 amide bonds. The smallest absolute Gasteiger partial charge is 0.223 e. The van der Waals surface area contributed by atoms with Gasteiger partial charge in [-0.2, -0.15) is 5.10 Å². The third kappa shape index (κ3) is 1.96. The van der Waals surface area contributed by atoms with E-state index in [9.17, 15) is 4.79 Å². The Morgan fingerprint density at radius 3 is 3.06 bits per heavy atom. The molecular weight excluding hydrogens is 214 g/mol. The van der Waals surface area contributed by atoms with Crippen molar-refractivity contribution in [2.24, 2.45) is 11.3 Å². The van der Waals surface area contributed by atoms with Gasteiger partial charge in [0.25, 0.3) is 0 Å². The second kappa shape index (κ2) is 3.59. The monoisotopic (exact) mass is 233 g/mol. The molecule has 0 spiro atoms. The van der Waals surface area contributed by atoms with Crippen LogP contribution in [0.4, 0.5) is 0 Å². The maximum Gasteiger partial charge on any atom is 0.223 e. The Morgan fingerprint density at radius 2 is 2.35 bits per heavy atom. The van der Waals surface area contributed by atoms with Crippen molar-refractivity contribution in [1.82, 2.24) is 15.5 Å². The molecule has 1 aromatic heterocycles. The molecule has 1 aromatic rings. The van der Waals surface area contributed by atoms with Crippen LogP contribution in [0.1, 0.15) is 37.9 Å². The Morgan fingerprint density at radius 1 is 1.59 bits per heavy atom. The number of aromatic amines is 1. The molecule has 0 aliphatic heterocycles. The van der Waals surface area contributed by atoms with Gasteiger partial charge in [0.2, 0.25) is 5.91 Å². The van der Waals surface area contributed by atoms with Crippen LogP contribution in [0.15, 0.2) is 6.20 Å². The van der Waals surface area contributed by atoms with Gasteiger partial charge in [0.15, 0.2) is 0 Å². The van der Waals surface area contributed by atoms with Crippen LogP contribution in [0.3, 0.4) is 0 Å². The molecular formula is C13H19N3O. The minimum atomic E-state index is 0.220. The first-order chi connectivity index (χ1) is 8.06. The lowest BCUT2D eigenvalue weighted by Crippen LogP contribution is -2.40. The van der Waals surface area contributed by atoms with Gasteiger partial charge in [0.05, 0.1) is 6.20 Å². The summed E-state index contributed by atoms with van der Waals surface area (Å²) in [7, 11) is 0. The molecule has 2 aliphatic carbocycles. The first-order valence-electron chi connectivity index (χ1n) is 6.38. The highest BCUT2D eigenvalue weighted by atomic mass is 16.2. The number of carbonyl (C=O) groups excluding carboxylic acids is 1. The fraction of sp³-hybridized carbons (Fsp3) is 0.692. The summed E-state index contributed by atoms with van der Waals surface area (Å²) in [5.41, 5.74) is 2.72. The molecule has 4 nitrogen and oxygen atoms in total. The largest absolute Gasteiger partial charge is 0.353 e. The van der Waals surface area contributed by atoms with Gasteiger partial charge in [-0.1, -0.05) is 13.8 Å². The normalized spacial score (nSPS) is 29.5. The summed E-state index contributed by atoms with van der Waals surface area (Å²) in [6.07, 6.45) is 5.88. The Hall–Kier alpha value is -1.32. The Bertz CT molecular complexity index is 449. The molecule has 4 heteroatoms. The number of hydrogen-bond acceptors (Lipinski definition) is 2. The van der Waals surface area contributed by atoms with E-state index in [0.29, 0.717) is 0 Å². The molecule has 2 N–H and O–H groups in total. The molecule has 2 atom stereocenters. The number of H-pyrrole nitrogens is 1. The van der Waals surface area contributed by atoms with Crippen LogP contribution in [0, 0.1) is 11.3 Å². The lowest BCUT2D eigenvalue weighted by atomic mass is 9.93. The third-order valence-corrected chi connectivity index (χ3v) is 4.20. The molecule has 2 aliphatic rings. The summed E-state index contributed by atoms with van der Waals surface area (Å²) in [5.74, 6) is 0.466. The van der Waals surface area contributed by atoms with E-state index in [0.717, 1.165) is 25.7 Å². The molecule has 1 unspecified atom stereocenters. The number of hydrogen-bond donors (Lipinski definition) is 2. The summed E-state index contributed by atoms with van der Waals surface area (Å²) in [6, 6.07) is 0.284. The second-order valence-corrected chi connectivity index (χ2v) is 6.07. The molecule has 0 radical (unpaired) electrons. The van der Waals surface area contributed by atoms with E-state index in [4.69, 9.17) is 0 Å². The molecule has 92 valence electrons. The number of carbonyl (C=O) groups is 1. The van der Waals surface area contributed by atoms with Gasteiger partial charge in [0.1, 0.15) is 0 Å². The van der Waals surface area contributed by atoms with E-state index >= 15 is 0 Å². The van der Waals surface area contributed by atoms with Crippen LogP contribution in [0.2, 0.25) is 0 Å². The average molecular weight is 233 g/mol. The molecule has 1 heterocycles. The number of fused-ring (bicyclic) bond motifs is 1. The molecule has 0 saturated heterocycles. The van der Waals surface area contributed by atoms with Crippen molar-refractivity contribution in [2.75, 3.05) is 0 Å². The van der Waals surface area contributed by atoms with Gasteiger partial charge in [-0.05, 0) is 30.2 Å². The minimum Gasteiger partial charge on any atom is -0.353 e. The molecule has 0 aromatic carbocycles. The Kier molecular flexibility index (Phi) is 2.28. The number of nitrogens with one attached hydrogen (secondary N) is 2.